The van der Waals surface area contributed by atoms with Crippen molar-refractivity contribution in [3.05, 3.63) is 72.3 Å². The van der Waals surface area contributed by atoms with Crippen molar-refractivity contribution in [2.75, 3.05) is 13.1 Å². The summed E-state index contributed by atoms with van der Waals surface area (Å²) in [6, 6.07) is 10.7. The molecule has 0 aliphatic carbocycles. The van der Waals surface area contributed by atoms with Crippen LogP contribution in [-0.4, -0.2) is 48.1 Å². The smallest absolute Gasteiger partial charge is 0.181 e. The van der Waals surface area contributed by atoms with Crippen LogP contribution < -0.4 is 0 Å². The number of H-pyrrole nitrogens is 2. The van der Waals surface area contributed by atoms with Crippen LogP contribution in [-0.2, 0) is 6.54 Å². The monoisotopic (exact) mass is 477 g/mol. The standard InChI is InChI=1S/C27H23N7S/c1-2-6-34(5-1)16-17-8-18(12-28-11-17)19-9-21-26(32-33-27(21)30-13-19)23-10-20-22(25-4-3-7-35-25)14-29-15-24(20)31-23/h3-4,7-15,31H,1-2,5-6,16H2,(H,30,32,33). The van der Waals surface area contributed by atoms with Gasteiger partial charge in [-0.25, -0.2) is 4.98 Å². The van der Waals surface area contributed by atoms with E-state index in [4.69, 9.17) is 0 Å². The van der Waals surface area contributed by atoms with Gasteiger partial charge in [0, 0.05) is 63.7 Å². The van der Waals surface area contributed by atoms with E-state index in [0.717, 1.165) is 50.9 Å². The number of fused-ring (bicyclic) bond motifs is 2. The van der Waals surface area contributed by atoms with Gasteiger partial charge in [-0.2, -0.15) is 5.10 Å². The molecule has 7 nitrogen and oxygen atoms in total. The normalized spacial score (nSPS) is 14.4. The molecule has 172 valence electrons. The summed E-state index contributed by atoms with van der Waals surface area (Å²) >= 11 is 1.72. The zero-order valence-corrected chi connectivity index (χ0v) is 19.8. The Morgan fingerprint density at radius 1 is 0.914 bits per heavy atom. The van der Waals surface area contributed by atoms with Crippen molar-refractivity contribution in [1.29, 1.82) is 0 Å². The lowest BCUT2D eigenvalue weighted by molar-refractivity contribution is 0.331. The van der Waals surface area contributed by atoms with Crippen LogP contribution in [0.15, 0.2) is 66.7 Å². The van der Waals surface area contributed by atoms with Gasteiger partial charge in [-0.05, 0) is 61.1 Å². The van der Waals surface area contributed by atoms with E-state index in [-0.39, 0.29) is 0 Å². The van der Waals surface area contributed by atoms with Crippen molar-refractivity contribution in [2.24, 2.45) is 0 Å². The van der Waals surface area contributed by atoms with Gasteiger partial charge in [0.15, 0.2) is 5.65 Å². The van der Waals surface area contributed by atoms with Crippen molar-refractivity contribution >= 4 is 33.3 Å². The van der Waals surface area contributed by atoms with Gasteiger partial charge >= 0.3 is 0 Å². The second-order valence-corrected chi connectivity index (χ2v) is 10.0. The predicted molar refractivity (Wildman–Crippen MR) is 140 cm³/mol. The Bertz CT molecular complexity index is 1640. The van der Waals surface area contributed by atoms with Gasteiger partial charge < -0.3 is 4.98 Å². The Morgan fingerprint density at radius 2 is 1.80 bits per heavy atom. The lowest BCUT2D eigenvalue weighted by Crippen LogP contribution is -2.18. The largest absolute Gasteiger partial charge is 0.352 e. The number of rotatable bonds is 5. The van der Waals surface area contributed by atoms with E-state index in [9.17, 15) is 0 Å². The SMILES string of the molecule is c1csc(-c2cncc3[nH]c(-c4[nH]nc5ncc(-c6cncc(CN7CCCC7)c6)cc45)cc23)c1. The first-order chi connectivity index (χ1) is 17.3. The molecule has 7 heterocycles. The molecule has 0 saturated carbocycles. The first-order valence-electron chi connectivity index (χ1n) is 11.8. The van der Waals surface area contributed by atoms with E-state index in [2.05, 4.69) is 70.7 Å². The third-order valence-electron chi connectivity index (χ3n) is 6.74. The van der Waals surface area contributed by atoms with Crippen LogP contribution in [0.4, 0.5) is 0 Å². The first-order valence-corrected chi connectivity index (χ1v) is 12.7. The summed E-state index contributed by atoms with van der Waals surface area (Å²) in [6.45, 7) is 3.29. The van der Waals surface area contributed by atoms with E-state index < -0.39 is 0 Å². The van der Waals surface area contributed by atoms with Crippen LogP contribution in [0.1, 0.15) is 18.4 Å². The summed E-state index contributed by atoms with van der Waals surface area (Å²) in [6.07, 6.45) is 12.1. The molecule has 1 fully saturated rings. The number of aromatic nitrogens is 6. The molecule has 6 aromatic heterocycles. The number of hydrogen-bond acceptors (Lipinski definition) is 6. The summed E-state index contributed by atoms with van der Waals surface area (Å²) in [7, 11) is 0. The van der Waals surface area contributed by atoms with E-state index in [0.29, 0.717) is 5.65 Å². The van der Waals surface area contributed by atoms with Crippen LogP contribution >= 0.6 is 11.3 Å². The zero-order chi connectivity index (χ0) is 23.2. The van der Waals surface area contributed by atoms with Crippen LogP contribution in [0, 0.1) is 0 Å². The summed E-state index contributed by atoms with van der Waals surface area (Å²) in [5.41, 5.74) is 8.05. The Kier molecular flexibility index (Phi) is 4.92. The molecule has 6 aromatic rings. The fourth-order valence-electron chi connectivity index (χ4n) is 5.01. The zero-order valence-electron chi connectivity index (χ0n) is 19.0. The van der Waals surface area contributed by atoms with Crippen molar-refractivity contribution < 1.29 is 0 Å². The predicted octanol–water partition coefficient (Wildman–Crippen LogP) is 5.89. The topological polar surface area (TPSA) is 86.4 Å². The molecular weight excluding hydrogens is 454 g/mol. The highest BCUT2D eigenvalue weighted by atomic mass is 32.1. The highest BCUT2D eigenvalue weighted by Crippen LogP contribution is 2.35. The Morgan fingerprint density at radius 3 is 2.69 bits per heavy atom. The Labute approximate surface area is 205 Å². The maximum Gasteiger partial charge on any atom is 0.181 e. The Hall–Kier alpha value is -3.88. The number of nitrogens with zero attached hydrogens (tertiary/aromatic N) is 5. The third-order valence-corrected chi connectivity index (χ3v) is 7.65. The number of aromatic amines is 2. The molecule has 0 spiro atoms. The highest BCUT2D eigenvalue weighted by Gasteiger charge is 2.16. The summed E-state index contributed by atoms with van der Waals surface area (Å²) < 4.78 is 0. The van der Waals surface area contributed by atoms with Crippen LogP contribution in [0.2, 0.25) is 0 Å². The minimum absolute atomic E-state index is 0.695. The summed E-state index contributed by atoms with van der Waals surface area (Å²) in [5, 5.41) is 11.9. The molecule has 1 aliphatic rings. The minimum Gasteiger partial charge on any atom is -0.352 e. The molecular formula is C27H23N7S. The fourth-order valence-corrected chi connectivity index (χ4v) is 5.76. The van der Waals surface area contributed by atoms with Crippen molar-refractivity contribution in [3.8, 4) is 33.0 Å². The lowest BCUT2D eigenvalue weighted by Gasteiger charge is -2.14. The van der Waals surface area contributed by atoms with Crippen molar-refractivity contribution in [1.82, 2.24) is 35.0 Å². The molecule has 0 atom stereocenters. The van der Waals surface area contributed by atoms with Crippen LogP contribution in [0.3, 0.4) is 0 Å². The average molecular weight is 478 g/mol. The van der Waals surface area contributed by atoms with Gasteiger partial charge in [-0.15, -0.1) is 11.3 Å². The van der Waals surface area contributed by atoms with Gasteiger partial charge in [0.2, 0.25) is 0 Å². The van der Waals surface area contributed by atoms with Gasteiger partial charge in [-0.1, -0.05) is 6.07 Å². The van der Waals surface area contributed by atoms with Gasteiger partial charge in [0.25, 0.3) is 0 Å². The van der Waals surface area contributed by atoms with E-state index in [1.807, 2.05) is 31.0 Å². The average Bonchev–Trinajstić information content (AvgIpc) is 3.70. The number of thiophene rings is 1. The number of hydrogen-bond donors (Lipinski definition) is 2. The summed E-state index contributed by atoms with van der Waals surface area (Å²) in [4.78, 5) is 20.8. The van der Waals surface area contributed by atoms with E-state index >= 15 is 0 Å². The minimum atomic E-state index is 0.695. The lowest BCUT2D eigenvalue weighted by atomic mass is 10.1. The number of likely N-dealkylation sites (tertiary alicyclic amines) is 1. The first kappa shape index (κ1) is 20.5. The molecule has 0 radical (unpaired) electrons. The third kappa shape index (κ3) is 3.71. The molecule has 1 saturated heterocycles. The fraction of sp³-hybridized carbons (Fsp3) is 0.185. The number of nitrogens with one attached hydrogen (secondary N) is 2. The molecule has 35 heavy (non-hydrogen) atoms. The van der Waals surface area contributed by atoms with Crippen molar-refractivity contribution in [3.63, 3.8) is 0 Å². The maximum atomic E-state index is 4.64. The van der Waals surface area contributed by atoms with E-state index in [1.54, 1.807) is 11.3 Å². The molecule has 0 unspecified atom stereocenters. The number of pyridine rings is 3. The van der Waals surface area contributed by atoms with E-state index in [1.165, 1.54) is 36.4 Å². The molecule has 0 bridgehead atoms. The van der Waals surface area contributed by atoms with Gasteiger partial charge in [0.1, 0.15) is 0 Å². The second-order valence-electron chi connectivity index (χ2n) is 9.07. The maximum absolute atomic E-state index is 4.64. The molecule has 0 amide bonds. The molecule has 7 rings (SSSR count). The molecule has 0 aromatic carbocycles. The van der Waals surface area contributed by atoms with Gasteiger partial charge in [0.05, 0.1) is 23.1 Å². The molecule has 1 aliphatic heterocycles. The molecule has 2 N–H and O–H groups in total. The molecule has 8 heteroatoms. The van der Waals surface area contributed by atoms with Crippen LogP contribution in [0.5, 0.6) is 0 Å². The van der Waals surface area contributed by atoms with Gasteiger partial charge in [-0.3, -0.25) is 20.0 Å². The quantitative estimate of drug-likeness (QED) is 0.323. The highest BCUT2D eigenvalue weighted by molar-refractivity contribution is 7.13. The summed E-state index contributed by atoms with van der Waals surface area (Å²) in [5.74, 6) is 0. The second kappa shape index (κ2) is 8.41. The van der Waals surface area contributed by atoms with Crippen LogP contribution in [0.25, 0.3) is 54.9 Å². The van der Waals surface area contributed by atoms with Crippen molar-refractivity contribution in [2.45, 2.75) is 19.4 Å². The Balaban J connectivity index is 1.28.